The topological polar surface area (TPSA) is 63.8 Å². The maximum Gasteiger partial charge on any atom is 0.229 e. The van der Waals surface area contributed by atoms with Gasteiger partial charge >= 0.3 is 0 Å². The molecule has 0 bridgehead atoms. The maximum atomic E-state index is 6.06. The Balaban J connectivity index is 1.54. The number of anilines is 1. The molecule has 1 saturated carbocycles. The molecule has 7 heteroatoms. The largest absolute Gasteiger partial charge is 0.370 e. The molecule has 0 aromatic carbocycles. The Morgan fingerprint density at radius 1 is 1.48 bits per heavy atom. The van der Waals surface area contributed by atoms with Gasteiger partial charge in [-0.2, -0.15) is 4.98 Å². The molecule has 21 heavy (non-hydrogen) atoms. The van der Waals surface area contributed by atoms with Crippen molar-refractivity contribution in [2.24, 2.45) is 5.92 Å². The van der Waals surface area contributed by atoms with E-state index in [9.17, 15) is 0 Å². The first kappa shape index (κ1) is 14.8. The van der Waals surface area contributed by atoms with Crippen molar-refractivity contribution in [1.29, 1.82) is 0 Å². The lowest BCUT2D eigenvalue weighted by molar-refractivity contribution is 0.348. The standard InChI is InChI=1S/C14H16BrClN4O/c1-8-19-14(21-20-8)10-3-2-9(4-10)6-17-13-5-12(16)11(15)7-18-13/h5,7,9-10H,2-4,6H2,1H3,(H,17,18). The molecule has 1 aliphatic carbocycles. The second-order valence-corrected chi connectivity index (χ2v) is 6.68. The molecule has 2 heterocycles. The molecule has 0 aliphatic heterocycles. The van der Waals surface area contributed by atoms with Gasteiger partial charge in [0.2, 0.25) is 5.89 Å². The van der Waals surface area contributed by atoms with Crippen LogP contribution in [0.1, 0.15) is 36.9 Å². The predicted molar refractivity (Wildman–Crippen MR) is 84.6 cm³/mol. The van der Waals surface area contributed by atoms with Crippen LogP contribution in [-0.2, 0) is 0 Å². The molecule has 0 radical (unpaired) electrons. The summed E-state index contributed by atoms with van der Waals surface area (Å²) in [4.78, 5) is 8.63. The highest BCUT2D eigenvalue weighted by Crippen LogP contribution is 2.37. The van der Waals surface area contributed by atoms with Crippen molar-refractivity contribution < 1.29 is 4.52 Å². The summed E-state index contributed by atoms with van der Waals surface area (Å²) in [5, 5.41) is 7.88. The lowest BCUT2D eigenvalue weighted by Gasteiger charge is -2.12. The van der Waals surface area contributed by atoms with Crippen molar-refractivity contribution in [3.63, 3.8) is 0 Å². The van der Waals surface area contributed by atoms with E-state index in [0.29, 0.717) is 22.7 Å². The fourth-order valence-corrected chi connectivity index (χ4v) is 3.09. The Labute approximate surface area is 136 Å². The average molecular weight is 372 g/mol. The molecule has 2 aromatic heterocycles. The van der Waals surface area contributed by atoms with Crippen LogP contribution in [0, 0.1) is 12.8 Å². The summed E-state index contributed by atoms with van der Waals surface area (Å²) in [7, 11) is 0. The van der Waals surface area contributed by atoms with Crippen LogP contribution in [0.15, 0.2) is 21.3 Å². The molecular formula is C14H16BrClN4O. The quantitative estimate of drug-likeness (QED) is 0.873. The molecule has 1 fully saturated rings. The van der Waals surface area contributed by atoms with Gasteiger partial charge in [0.25, 0.3) is 0 Å². The Morgan fingerprint density at radius 2 is 2.33 bits per heavy atom. The number of rotatable bonds is 4. The van der Waals surface area contributed by atoms with E-state index in [-0.39, 0.29) is 0 Å². The second-order valence-electron chi connectivity index (χ2n) is 5.42. The van der Waals surface area contributed by atoms with Gasteiger partial charge in [0, 0.05) is 24.7 Å². The van der Waals surface area contributed by atoms with Gasteiger partial charge in [0.1, 0.15) is 5.82 Å². The lowest BCUT2D eigenvalue weighted by atomic mass is 10.1. The molecule has 0 spiro atoms. The number of aryl methyl sites for hydroxylation is 1. The molecule has 0 amide bonds. The van der Waals surface area contributed by atoms with E-state index < -0.39 is 0 Å². The summed E-state index contributed by atoms with van der Waals surface area (Å²) in [6.07, 6.45) is 5.04. The molecule has 3 rings (SSSR count). The summed E-state index contributed by atoms with van der Waals surface area (Å²) in [5.74, 6) is 3.27. The van der Waals surface area contributed by atoms with E-state index >= 15 is 0 Å². The number of aromatic nitrogens is 3. The third-order valence-corrected chi connectivity index (χ3v) is 4.99. The van der Waals surface area contributed by atoms with Crippen molar-refractivity contribution in [3.05, 3.63) is 33.5 Å². The Bertz CT molecular complexity index is 633. The summed E-state index contributed by atoms with van der Waals surface area (Å²) >= 11 is 9.40. The number of nitrogens with zero attached hydrogens (tertiary/aromatic N) is 3. The number of nitrogens with one attached hydrogen (secondary N) is 1. The zero-order valence-corrected chi connectivity index (χ0v) is 14.0. The van der Waals surface area contributed by atoms with E-state index in [1.54, 1.807) is 6.20 Å². The van der Waals surface area contributed by atoms with Gasteiger partial charge in [-0.15, -0.1) is 0 Å². The minimum atomic E-state index is 0.388. The van der Waals surface area contributed by atoms with Crippen molar-refractivity contribution in [2.75, 3.05) is 11.9 Å². The van der Waals surface area contributed by atoms with E-state index in [2.05, 4.69) is 36.4 Å². The summed E-state index contributed by atoms with van der Waals surface area (Å²) in [6, 6.07) is 1.83. The Hall–Kier alpha value is -1.14. The molecule has 2 atom stereocenters. The van der Waals surface area contributed by atoms with Crippen LogP contribution in [0.2, 0.25) is 5.02 Å². The van der Waals surface area contributed by atoms with Gasteiger partial charge in [0.05, 0.1) is 9.50 Å². The molecule has 1 aliphatic rings. The van der Waals surface area contributed by atoms with Crippen LogP contribution in [0.3, 0.4) is 0 Å². The first-order chi connectivity index (χ1) is 10.1. The highest BCUT2D eigenvalue weighted by molar-refractivity contribution is 9.10. The minimum absolute atomic E-state index is 0.388. The third-order valence-electron chi connectivity index (χ3n) is 3.81. The van der Waals surface area contributed by atoms with Gasteiger partial charge in [-0.25, -0.2) is 4.98 Å². The number of halogens is 2. The monoisotopic (exact) mass is 370 g/mol. The molecule has 112 valence electrons. The van der Waals surface area contributed by atoms with Crippen LogP contribution in [0.25, 0.3) is 0 Å². The van der Waals surface area contributed by atoms with Crippen molar-refractivity contribution in [2.45, 2.75) is 32.1 Å². The van der Waals surface area contributed by atoms with Gasteiger partial charge < -0.3 is 9.84 Å². The second kappa shape index (κ2) is 6.32. The zero-order chi connectivity index (χ0) is 14.8. The SMILES string of the molecule is Cc1noc(C2CCC(CNc3cc(Cl)c(Br)cn3)C2)n1. The van der Waals surface area contributed by atoms with Crippen LogP contribution < -0.4 is 5.32 Å². The molecule has 1 N–H and O–H groups in total. The van der Waals surface area contributed by atoms with Crippen molar-refractivity contribution in [3.8, 4) is 0 Å². The highest BCUT2D eigenvalue weighted by atomic mass is 79.9. The first-order valence-corrected chi connectivity index (χ1v) is 8.14. The third kappa shape index (κ3) is 3.55. The number of pyridine rings is 1. The normalized spacial score (nSPS) is 21.7. The van der Waals surface area contributed by atoms with Gasteiger partial charge in [-0.1, -0.05) is 16.8 Å². The van der Waals surface area contributed by atoms with Crippen molar-refractivity contribution >= 4 is 33.3 Å². The lowest BCUT2D eigenvalue weighted by Crippen LogP contribution is -2.12. The van der Waals surface area contributed by atoms with E-state index in [1.807, 2.05) is 13.0 Å². The van der Waals surface area contributed by atoms with Crippen LogP contribution in [0.4, 0.5) is 5.82 Å². The molecule has 5 nitrogen and oxygen atoms in total. The predicted octanol–water partition coefficient (Wildman–Crippen LogP) is 4.18. The molecule has 2 aromatic rings. The fourth-order valence-electron chi connectivity index (χ4n) is 2.72. The Morgan fingerprint density at radius 3 is 3.05 bits per heavy atom. The molecular weight excluding hydrogens is 356 g/mol. The van der Waals surface area contributed by atoms with Crippen LogP contribution in [-0.4, -0.2) is 21.7 Å². The molecule has 0 saturated heterocycles. The van der Waals surface area contributed by atoms with Crippen LogP contribution >= 0.6 is 27.5 Å². The van der Waals surface area contributed by atoms with Gasteiger partial charge in [-0.3, -0.25) is 0 Å². The van der Waals surface area contributed by atoms with Crippen LogP contribution in [0.5, 0.6) is 0 Å². The first-order valence-electron chi connectivity index (χ1n) is 6.97. The van der Waals surface area contributed by atoms with Gasteiger partial charge in [0.15, 0.2) is 5.82 Å². The zero-order valence-electron chi connectivity index (χ0n) is 11.6. The highest BCUT2D eigenvalue weighted by Gasteiger charge is 2.29. The Kier molecular flexibility index (Phi) is 4.45. The summed E-state index contributed by atoms with van der Waals surface area (Å²) in [5.41, 5.74) is 0. The minimum Gasteiger partial charge on any atom is -0.370 e. The molecule has 2 unspecified atom stereocenters. The number of hydrogen-bond donors (Lipinski definition) is 1. The smallest absolute Gasteiger partial charge is 0.229 e. The van der Waals surface area contributed by atoms with E-state index in [4.69, 9.17) is 16.1 Å². The van der Waals surface area contributed by atoms with E-state index in [0.717, 1.165) is 42.0 Å². The maximum absolute atomic E-state index is 6.06. The average Bonchev–Trinajstić information content (AvgIpc) is 3.09. The van der Waals surface area contributed by atoms with Crippen molar-refractivity contribution in [1.82, 2.24) is 15.1 Å². The van der Waals surface area contributed by atoms with Gasteiger partial charge in [-0.05, 0) is 48.0 Å². The fraction of sp³-hybridized carbons (Fsp3) is 0.500. The number of hydrogen-bond acceptors (Lipinski definition) is 5. The summed E-state index contributed by atoms with van der Waals surface area (Å²) < 4.78 is 6.08. The van der Waals surface area contributed by atoms with E-state index in [1.165, 1.54) is 0 Å². The summed E-state index contributed by atoms with van der Waals surface area (Å²) in [6.45, 7) is 2.73.